The molecule has 2 aliphatic heterocycles. The van der Waals surface area contributed by atoms with Crippen LogP contribution in [0.25, 0.3) is 5.69 Å². The minimum atomic E-state index is -3.49. The van der Waals surface area contributed by atoms with Gasteiger partial charge >= 0.3 is 0 Å². The van der Waals surface area contributed by atoms with E-state index in [0.29, 0.717) is 23.4 Å². The lowest BCUT2D eigenvalue weighted by atomic mass is 9.96. The molecule has 2 fully saturated rings. The van der Waals surface area contributed by atoms with Crippen molar-refractivity contribution < 1.29 is 13.2 Å². The first kappa shape index (κ1) is 18.6. The van der Waals surface area contributed by atoms with Gasteiger partial charge in [0.15, 0.2) is 0 Å². The van der Waals surface area contributed by atoms with Crippen molar-refractivity contribution in [3.63, 3.8) is 0 Å². The molecule has 2 saturated heterocycles. The molecule has 1 atom stereocenters. The third-order valence-electron chi connectivity index (χ3n) is 5.55. The fraction of sp³-hybridized carbons (Fsp3) is 0.526. The summed E-state index contributed by atoms with van der Waals surface area (Å²) in [5.74, 6) is 0.390. The lowest BCUT2D eigenvalue weighted by molar-refractivity contribution is 0.111. The normalized spacial score (nSPS) is 22.3. The Labute approximate surface area is 160 Å². The number of piperidine rings is 1. The summed E-state index contributed by atoms with van der Waals surface area (Å²) in [6.07, 6.45) is 6.68. The monoisotopic (exact) mass is 390 g/mol. The fourth-order valence-electron chi connectivity index (χ4n) is 3.84. The molecule has 0 radical (unpaired) electrons. The first-order valence-corrected chi connectivity index (χ1v) is 11.0. The molecule has 3 heterocycles. The number of likely N-dealkylation sites (tertiary alicyclic amines) is 1. The van der Waals surface area contributed by atoms with Crippen LogP contribution in [-0.2, 0) is 14.8 Å². The minimum absolute atomic E-state index is 0.291. The van der Waals surface area contributed by atoms with Gasteiger partial charge in [-0.05, 0) is 68.6 Å². The first-order valence-electron chi connectivity index (χ1n) is 9.53. The summed E-state index contributed by atoms with van der Waals surface area (Å²) in [6, 6.07) is 9.17. The van der Waals surface area contributed by atoms with Gasteiger partial charge in [0.05, 0.1) is 17.2 Å². The molecule has 146 valence electrons. The summed E-state index contributed by atoms with van der Waals surface area (Å²) in [4.78, 5) is 2.78. The molecule has 7 nitrogen and oxygen atoms in total. The third kappa shape index (κ3) is 4.40. The predicted octanol–water partition coefficient (Wildman–Crippen LogP) is 1.65. The van der Waals surface area contributed by atoms with E-state index in [9.17, 15) is 8.42 Å². The first-order chi connectivity index (χ1) is 13.1. The number of benzene rings is 1. The van der Waals surface area contributed by atoms with E-state index in [1.54, 1.807) is 35.1 Å². The second-order valence-electron chi connectivity index (χ2n) is 7.29. The van der Waals surface area contributed by atoms with Crippen molar-refractivity contribution >= 4 is 10.0 Å². The van der Waals surface area contributed by atoms with Crippen molar-refractivity contribution in [3.8, 4) is 5.69 Å². The standard InChI is InChI=1S/C19H26N4O3S/c24-27(25,19-4-2-17(3-5-19)23-10-1-9-20-23)21-14-16-6-11-22(12-7-16)18-8-13-26-15-18/h1-5,9-10,16,18,21H,6-8,11-15H2/t18-/m1/s1. The number of nitrogens with one attached hydrogen (secondary N) is 1. The highest BCUT2D eigenvalue weighted by atomic mass is 32.2. The Balaban J connectivity index is 1.30. The number of sulfonamides is 1. The molecule has 2 aromatic rings. The summed E-state index contributed by atoms with van der Waals surface area (Å²) in [6.45, 7) is 4.26. The Kier molecular flexibility index (Phi) is 5.58. The minimum Gasteiger partial charge on any atom is -0.380 e. The molecular weight excluding hydrogens is 364 g/mol. The third-order valence-corrected chi connectivity index (χ3v) is 6.99. The molecule has 1 aromatic carbocycles. The lowest BCUT2D eigenvalue weighted by Gasteiger charge is -2.35. The maximum Gasteiger partial charge on any atom is 0.240 e. The molecule has 4 rings (SSSR count). The van der Waals surface area contributed by atoms with Crippen LogP contribution < -0.4 is 4.72 Å². The zero-order valence-corrected chi connectivity index (χ0v) is 16.1. The summed E-state index contributed by atoms with van der Waals surface area (Å²) < 4.78 is 35.1. The summed E-state index contributed by atoms with van der Waals surface area (Å²) in [7, 11) is -3.49. The highest BCUT2D eigenvalue weighted by Gasteiger charge is 2.28. The predicted molar refractivity (Wildman–Crippen MR) is 102 cm³/mol. The van der Waals surface area contributed by atoms with Gasteiger partial charge in [-0.2, -0.15) is 5.10 Å². The van der Waals surface area contributed by atoms with Gasteiger partial charge < -0.3 is 4.74 Å². The summed E-state index contributed by atoms with van der Waals surface area (Å²) in [5, 5.41) is 4.15. The molecule has 0 saturated carbocycles. The fourth-order valence-corrected chi connectivity index (χ4v) is 4.96. The zero-order valence-electron chi connectivity index (χ0n) is 15.3. The molecule has 1 N–H and O–H groups in total. The van der Waals surface area contributed by atoms with E-state index in [1.807, 2.05) is 12.3 Å². The van der Waals surface area contributed by atoms with Gasteiger partial charge in [0.2, 0.25) is 10.0 Å². The molecule has 0 bridgehead atoms. The topological polar surface area (TPSA) is 76.5 Å². The zero-order chi connectivity index (χ0) is 18.7. The van der Waals surface area contributed by atoms with Crippen molar-refractivity contribution in [2.45, 2.75) is 30.2 Å². The van der Waals surface area contributed by atoms with E-state index in [4.69, 9.17) is 4.74 Å². The molecular formula is C19H26N4O3S. The summed E-state index contributed by atoms with van der Waals surface area (Å²) in [5.41, 5.74) is 0.835. The van der Waals surface area contributed by atoms with Gasteiger partial charge in [0, 0.05) is 31.6 Å². The van der Waals surface area contributed by atoms with Crippen molar-refractivity contribution in [3.05, 3.63) is 42.7 Å². The lowest BCUT2D eigenvalue weighted by Crippen LogP contribution is -2.43. The van der Waals surface area contributed by atoms with E-state index < -0.39 is 10.0 Å². The van der Waals surface area contributed by atoms with Gasteiger partial charge in [-0.1, -0.05) is 0 Å². The van der Waals surface area contributed by atoms with Crippen LogP contribution in [0.15, 0.2) is 47.6 Å². The number of hydrogen-bond acceptors (Lipinski definition) is 5. The van der Waals surface area contributed by atoms with E-state index in [1.165, 1.54) is 0 Å². The average molecular weight is 391 g/mol. The molecule has 0 amide bonds. The second-order valence-corrected chi connectivity index (χ2v) is 9.06. The number of rotatable bonds is 6. The van der Waals surface area contributed by atoms with Gasteiger partial charge in [0.1, 0.15) is 0 Å². The molecule has 1 aromatic heterocycles. The number of ether oxygens (including phenoxy) is 1. The quantitative estimate of drug-likeness (QED) is 0.812. The van der Waals surface area contributed by atoms with Crippen LogP contribution in [0.2, 0.25) is 0 Å². The Morgan fingerprint density at radius 3 is 2.56 bits per heavy atom. The molecule has 8 heteroatoms. The highest BCUT2D eigenvalue weighted by molar-refractivity contribution is 7.89. The van der Waals surface area contributed by atoms with Crippen LogP contribution in [0.1, 0.15) is 19.3 Å². The SMILES string of the molecule is O=S(=O)(NCC1CCN([C@@H]2CCOC2)CC1)c1ccc(-n2cccn2)cc1. The largest absolute Gasteiger partial charge is 0.380 e. The second kappa shape index (κ2) is 8.10. The Bertz CT molecular complexity index is 822. The number of hydrogen-bond donors (Lipinski definition) is 1. The van der Waals surface area contributed by atoms with Crippen molar-refractivity contribution in [1.29, 1.82) is 0 Å². The van der Waals surface area contributed by atoms with E-state index in [-0.39, 0.29) is 0 Å². The Hall–Kier alpha value is -1.74. The van der Waals surface area contributed by atoms with Gasteiger partial charge in [-0.15, -0.1) is 0 Å². The maximum atomic E-state index is 12.6. The Morgan fingerprint density at radius 1 is 1.15 bits per heavy atom. The van der Waals surface area contributed by atoms with Crippen molar-refractivity contribution in [2.75, 3.05) is 32.8 Å². The van der Waals surface area contributed by atoms with Crippen LogP contribution in [-0.4, -0.2) is 62.0 Å². The van der Waals surface area contributed by atoms with Gasteiger partial charge in [0.25, 0.3) is 0 Å². The van der Waals surface area contributed by atoms with E-state index >= 15 is 0 Å². The van der Waals surface area contributed by atoms with Crippen LogP contribution in [0.3, 0.4) is 0 Å². The van der Waals surface area contributed by atoms with Gasteiger partial charge in [-0.3, -0.25) is 4.90 Å². The van der Waals surface area contributed by atoms with Crippen molar-refractivity contribution in [2.24, 2.45) is 5.92 Å². The number of nitrogens with zero attached hydrogens (tertiary/aromatic N) is 3. The molecule has 0 aliphatic carbocycles. The van der Waals surface area contributed by atoms with E-state index in [0.717, 1.165) is 51.3 Å². The highest BCUT2D eigenvalue weighted by Crippen LogP contribution is 2.22. The Morgan fingerprint density at radius 2 is 1.93 bits per heavy atom. The van der Waals surface area contributed by atoms with Crippen LogP contribution in [0.4, 0.5) is 0 Å². The molecule has 2 aliphatic rings. The van der Waals surface area contributed by atoms with E-state index in [2.05, 4.69) is 14.7 Å². The smallest absolute Gasteiger partial charge is 0.240 e. The number of aromatic nitrogens is 2. The molecule has 0 spiro atoms. The van der Waals surface area contributed by atoms with Crippen molar-refractivity contribution in [1.82, 2.24) is 19.4 Å². The molecule has 27 heavy (non-hydrogen) atoms. The van der Waals surface area contributed by atoms with Crippen LogP contribution in [0, 0.1) is 5.92 Å². The average Bonchev–Trinajstić information content (AvgIpc) is 3.41. The maximum absolute atomic E-state index is 12.6. The van der Waals surface area contributed by atoms with Gasteiger partial charge in [-0.25, -0.2) is 17.8 Å². The van der Waals surface area contributed by atoms with Crippen LogP contribution in [0.5, 0.6) is 0 Å². The molecule has 0 unspecified atom stereocenters. The van der Waals surface area contributed by atoms with Crippen LogP contribution >= 0.6 is 0 Å². The summed E-state index contributed by atoms with van der Waals surface area (Å²) >= 11 is 0.